The molecule has 0 aliphatic heterocycles. The van der Waals surface area contributed by atoms with Crippen molar-refractivity contribution >= 4 is 6.47 Å². The van der Waals surface area contributed by atoms with Gasteiger partial charge in [0.25, 0.3) is 0 Å². The molecule has 0 saturated heterocycles. The Kier molecular flexibility index (Phi) is 4.03. The zero-order chi connectivity index (χ0) is 9.52. The van der Waals surface area contributed by atoms with Gasteiger partial charge in [-0.05, 0) is 17.5 Å². The summed E-state index contributed by atoms with van der Waals surface area (Å²) in [5.74, 6) is 0. The van der Waals surface area contributed by atoms with E-state index in [0.29, 0.717) is 6.61 Å². The molecule has 1 aromatic rings. The quantitative estimate of drug-likeness (QED) is 0.689. The van der Waals surface area contributed by atoms with Crippen LogP contribution in [0.5, 0.6) is 0 Å². The smallest absolute Gasteiger partial charge is 0.417 e. The standard InChI is InChI=1S/C11H13O2/c1-2-5-10-6-3-4-7-11(10)8-13-9-12/h3-4,6-7H,2,5,8H2,1H3. The summed E-state index contributed by atoms with van der Waals surface area (Å²) in [6, 6.07) is 7.98. The van der Waals surface area contributed by atoms with Crippen LogP contribution in [0.1, 0.15) is 24.5 Å². The van der Waals surface area contributed by atoms with Crippen LogP contribution in [0.4, 0.5) is 0 Å². The summed E-state index contributed by atoms with van der Waals surface area (Å²) in [7, 11) is 0. The number of aryl methyl sites for hydroxylation is 1. The fraction of sp³-hybridized carbons (Fsp3) is 0.364. The largest absolute Gasteiger partial charge is 0.452 e. The van der Waals surface area contributed by atoms with Crippen LogP contribution in [0.15, 0.2) is 24.3 Å². The molecule has 0 spiro atoms. The maximum absolute atomic E-state index is 9.90. The van der Waals surface area contributed by atoms with Gasteiger partial charge in [-0.25, -0.2) is 4.79 Å². The van der Waals surface area contributed by atoms with E-state index in [9.17, 15) is 4.79 Å². The van der Waals surface area contributed by atoms with Crippen molar-refractivity contribution in [2.45, 2.75) is 26.4 Å². The predicted octanol–water partition coefficient (Wildman–Crippen LogP) is 2.22. The molecule has 2 heteroatoms. The van der Waals surface area contributed by atoms with E-state index in [0.717, 1.165) is 18.4 Å². The Labute approximate surface area is 78.5 Å². The van der Waals surface area contributed by atoms with Crippen molar-refractivity contribution in [2.75, 3.05) is 0 Å². The molecule has 0 aliphatic carbocycles. The number of rotatable bonds is 5. The van der Waals surface area contributed by atoms with Gasteiger partial charge >= 0.3 is 6.47 Å². The molecule has 0 unspecified atom stereocenters. The normalized spacial score (nSPS) is 9.62. The first-order chi connectivity index (χ1) is 6.38. The molecule has 0 N–H and O–H groups in total. The zero-order valence-corrected chi connectivity index (χ0v) is 7.75. The van der Waals surface area contributed by atoms with E-state index in [1.54, 1.807) is 0 Å². The molecular formula is C11H13O2. The molecule has 0 atom stereocenters. The first-order valence-electron chi connectivity index (χ1n) is 4.44. The highest BCUT2D eigenvalue weighted by Crippen LogP contribution is 2.11. The van der Waals surface area contributed by atoms with Gasteiger partial charge in [0.15, 0.2) is 0 Å². The molecule has 0 amide bonds. The Balaban J connectivity index is 2.71. The van der Waals surface area contributed by atoms with Crippen LogP contribution in [0, 0.1) is 0 Å². The number of hydrogen-bond donors (Lipinski definition) is 0. The summed E-state index contributed by atoms with van der Waals surface area (Å²) < 4.78 is 4.60. The average molecular weight is 177 g/mol. The average Bonchev–Trinajstić information content (AvgIpc) is 2.17. The fourth-order valence-corrected chi connectivity index (χ4v) is 1.32. The van der Waals surface area contributed by atoms with E-state index in [2.05, 4.69) is 17.7 Å². The topological polar surface area (TPSA) is 26.3 Å². The molecule has 0 fully saturated rings. The minimum atomic E-state index is 0.333. The molecule has 1 aromatic carbocycles. The third-order valence-corrected chi connectivity index (χ3v) is 1.92. The summed E-state index contributed by atoms with van der Waals surface area (Å²) in [6.07, 6.45) is 2.13. The minimum Gasteiger partial charge on any atom is -0.452 e. The Hall–Kier alpha value is -1.31. The van der Waals surface area contributed by atoms with Gasteiger partial charge in [0.05, 0.1) is 0 Å². The summed E-state index contributed by atoms with van der Waals surface area (Å²) in [5, 5.41) is 0. The summed E-state index contributed by atoms with van der Waals surface area (Å²) >= 11 is 0. The highest BCUT2D eigenvalue weighted by Gasteiger charge is 2.00. The third-order valence-electron chi connectivity index (χ3n) is 1.92. The first-order valence-corrected chi connectivity index (χ1v) is 4.44. The van der Waals surface area contributed by atoms with Gasteiger partial charge in [-0.15, -0.1) is 0 Å². The summed E-state index contributed by atoms with van der Waals surface area (Å²) in [4.78, 5) is 9.90. The SMILES string of the molecule is CCCc1ccccc1CO[C]=O. The lowest BCUT2D eigenvalue weighted by Gasteiger charge is -2.06. The molecule has 2 nitrogen and oxygen atoms in total. The van der Waals surface area contributed by atoms with Crippen LogP contribution in [-0.4, -0.2) is 6.47 Å². The van der Waals surface area contributed by atoms with Gasteiger partial charge in [-0.1, -0.05) is 37.6 Å². The lowest BCUT2D eigenvalue weighted by molar-refractivity contribution is 0.266. The lowest BCUT2D eigenvalue weighted by Crippen LogP contribution is -1.96. The molecule has 0 bridgehead atoms. The highest BCUT2D eigenvalue weighted by molar-refractivity contribution is 5.39. The van der Waals surface area contributed by atoms with Crippen molar-refractivity contribution < 1.29 is 9.53 Å². The highest BCUT2D eigenvalue weighted by atomic mass is 16.5. The summed E-state index contributed by atoms with van der Waals surface area (Å²) in [5.41, 5.74) is 2.33. The van der Waals surface area contributed by atoms with Crippen molar-refractivity contribution in [1.82, 2.24) is 0 Å². The number of benzene rings is 1. The van der Waals surface area contributed by atoms with E-state index in [4.69, 9.17) is 0 Å². The van der Waals surface area contributed by atoms with Gasteiger partial charge in [0, 0.05) is 0 Å². The Morgan fingerprint density at radius 1 is 1.31 bits per heavy atom. The maximum atomic E-state index is 9.90. The molecule has 0 heterocycles. The van der Waals surface area contributed by atoms with Crippen LogP contribution in [0.2, 0.25) is 0 Å². The lowest BCUT2D eigenvalue weighted by atomic mass is 10.0. The first kappa shape index (κ1) is 9.78. The molecular weight excluding hydrogens is 164 g/mol. The zero-order valence-electron chi connectivity index (χ0n) is 7.75. The van der Waals surface area contributed by atoms with Crippen molar-refractivity contribution in [3.05, 3.63) is 35.4 Å². The van der Waals surface area contributed by atoms with Crippen LogP contribution < -0.4 is 0 Å². The van der Waals surface area contributed by atoms with E-state index >= 15 is 0 Å². The Morgan fingerprint density at radius 2 is 2.00 bits per heavy atom. The van der Waals surface area contributed by atoms with Crippen LogP contribution in [-0.2, 0) is 22.6 Å². The molecule has 69 valence electrons. The second-order valence-corrected chi connectivity index (χ2v) is 2.89. The van der Waals surface area contributed by atoms with Gasteiger partial charge in [-0.3, -0.25) is 0 Å². The second-order valence-electron chi connectivity index (χ2n) is 2.89. The molecule has 0 aromatic heterocycles. The van der Waals surface area contributed by atoms with Gasteiger partial charge < -0.3 is 4.74 Å². The van der Waals surface area contributed by atoms with Crippen molar-refractivity contribution in [3.63, 3.8) is 0 Å². The fourth-order valence-electron chi connectivity index (χ4n) is 1.32. The molecule has 1 rings (SSSR count). The minimum absolute atomic E-state index is 0.333. The molecule has 13 heavy (non-hydrogen) atoms. The van der Waals surface area contributed by atoms with E-state index < -0.39 is 0 Å². The number of carbonyl (C=O) groups excluding carboxylic acids is 1. The third kappa shape index (κ3) is 2.90. The van der Waals surface area contributed by atoms with Crippen LogP contribution in [0.25, 0.3) is 0 Å². The van der Waals surface area contributed by atoms with E-state index in [1.165, 1.54) is 12.0 Å². The van der Waals surface area contributed by atoms with E-state index in [1.807, 2.05) is 18.2 Å². The van der Waals surface area contributed by atoms with Gasteiger partial charge in [-0.2, -0.15) is 0 Å². The Morgan fingerprint density at radius 3 is 2.62 bits per heavy atom. The van der Waals surface area contributed by atoms with Crippen molar-refractivity contribution in [3.8, 4) is 0 Å². The molecule has 0 aliphatic rings. The number of hydrogen-bond acceptors (Lipinski definition) is 2. The van der Waals surface area contributed by atoms with Crippen molar-refractivity contribution in [1.29, 1.82) is 0 Å². The van der Waals surface area contributed by atoms with Gasteiger partial charge in [0.1, 0.15) is 6.61 Å². The second kappa shape index (κ2) is 5.36. The molecule has 1 radical (unpaired) electrons. The monoisotopic (exact) mass is 177 g/mol. The predicted molar refractivity (Wildman–Crippen MR) is 50.9 cm³/mol. The van der Waals surface area contributed by atoms with Crippen LogP contribution in [0.3, 0.4) is 0 Å². The summed E-state index contributed by atoms with van der Waals surface area (Å²) in [6.45, 7) is 3.90. The maximum Gasteiger partial charge on any atom is 0.417 e. The molecule has 0 saturated carbocycles. The van der Waals surface area contributed by atoms with E-state index in [-0.39, 0.29) is 0 Å². The Bertz CT molecular complexity index is 269. The van der Waals surface area contributed by atoms with Gasteiger partial charge in [0.2, 0.25) is 0 Å². The number of ether oxygens (including phenoxy) is 1. The van der Waals surface area contributed by atoms with Crippen LogP contribution >= 0.6 is 0 Å². The van der Waals surface area contributed by atoms with Crippen molar-refractivity contribution in [2.24, 2.45) is 0 Å².